The summed E-state index contributed by atoms with van der Waals surface area (Å²) in [5, 5.41) is 19.8. The molecule has 8 N–H and O–H groups in total. The Hall–Kier alpha value is -5.88. The third kappa shape index (κ3) is 13.6. The fraction of sp³-hybridized carbons (Fsp3) is 0.500. The number of hydrogen-bond acceptors (Lipinski definition) is 11. The number of nitrogens with two attached hydrogens (primary N) is 2. The number of anilines is 1. The zero-order valence-electron chi connectivity index (χ0n) is 42.2. The molecule has 3 aliphatic heterocycles. The first kappa shape index (κ1) is 55.4. The second-order valence-electron chi connectivity index (χ2n) is 20.6. The van der Waals surface area contributed by atoms with E-state index in [9.17, 15) is 33.9 Å². The summed E-state index contributed by atoms with van der Waals surface area (Å²) in [5.74, 6) is -1.56. The molecule has 18 heteroatoms. The van der Waals surface area contributed by atoms with Crippen LogP contribution in [0.1, 0.15) is 119 Å². The number of β-amino-alcohol motifs (C(OH)–C–C–N with tert-alkyl or cyclic N) is 1. The molecule has 72 heavy (non-hydrogen) atoms. The highest BCUT2D eigenvalue weighted by Crippen LogP contribution is 2.39. The van der Waals surface area contributed by atoms with Crippen LogP contribution in [0.3, 0.4) is 0 Å². The lowest BCUT2D eigenvalue weighted by molar-refractivity contribution is -0.144. The Kier molecular flexibility index (Phi) is 18.7. The molecule has 0 spiro atoms. The van der Waals surface area contributed by atoms with E-state index in [1.807, 2.05) is 102 Å². The molecule has 4 aromatic rings. The van der Waals surface area contributed by atoms with E-state index in [0.29, 0.717) is 31.4 Å². The van der Waals surface area contributed by atoms with Crippen LogP contribution in [0.25, 0.3) is 10.4 Å². The molecule has 0 bridgehead atoms. The Labute approximate surface area is 432 Å². The molecular weight excluding hydrogens is 956 g/mol. The van der Waals surface area contributed by atoms with Gasteiger partial charge in [-0.05, 0) is 110 Å². The summed E-state index contributed by atoms with van der Waals surface area (Å²) in [6.45, 7) is 11.5. The molecule has 4 heterocycles. The van der Waals surface area contributed by atoms with E-state index < -0.39 is 53.5 Å². The van der Waals surface area contributed by atoms with Crippen molar-refractivity contribution < 1.29 is 38.6 Å². The zero-order chi connectivity index (χ0) is 51.1. The third-order valence-electron chi connectivity index (χ3n) is 13.8. The molecular formula is C54H71ClN8O8S. The molecule has 7 atom stereocenters. The monoisotopic (exact) mass is 1030 g/mol. The standard InChI is InChI=1S/C54H70N8O8S.ClH/c1-31-23-34(25-41(24-31)70-29-39(20-22-45(56)64)59-51(67)44-26-38-13-10-12-36-19-21-42(55)52(68)62(44)47(36)38)11-8-7-9-14-46(65)60-49(54(4,5)6)53(69)61-28-40(63)27-43(61)50(66)58-32(2)35-15-17-37(18-16-35)48-33(3)57-30-71-48;/h10,12-13,15-18,23-25,30,32,39-40,42-44,49,63H,7-9,11,14,19-22,26-29,55H2,1-6H3,(H2,56,64)(H,58,66)(H,59,67)(H,60,65);1H/t32-,39-,40+,42-,43-,44-,49+;/m0./s1. The van der Waals surface area contributed by atoms with E-state index in [1.165, 1.54) is 4.90 Å². The van der Waals surface area contributed by atoms with Crippen molar-refractivity contribution in [3.05, 3.63) is 99.7 Å². The Morgan fingerprint density at radius 1 is 0.931 bits per heavy atom. The molecule has 1 fully saturated rings. The predicted molar refractivity (Wildman–Crippen MR) is 281 cm³/mol. The maximum absolute atomic E-state index is 14.2. The van der Waals surface area contributed by atoms with Crippen molar-refractivity contribution in [1.29, 1.82) is 0 Å². The fourth-order valence-electron chi connectivity index (χ4n) is 9.96. The van der Waals surface area contributed by atoms with Gasteiger partial charge in [0, 0.05) is 32.2 Å². The summed E-state index contributed by atoms with van der Waals surface area (Å²) in [6, 6.07) is 15.5. The number of ether oxygens (including phenoxy) is 1. The van der Waals surface area contributed by atoms with Gasteiger partial charge in [0.25, 0.3) is 0 Å². The number of hydrogen-bond donors (Lipinski definition) is 6. The summed E-state index contributed by atoms with van der Waals surface area (Å²) in [5.41, 5.74) is 20.5. The van der Waals surface area contributed by atoms with E-state index in [4.69, 9.17) is 16.2 Å². The number of amides is 6. The van der Waals surface area contributed by atoms with Crippen LogP contribution in [-0.4, -0.2) is 99.9 Å². The second kappa shape index (κ2) is 24.2. The first-order valence-corrected chi connectivity index (χ1v) is 25.8. The SMILES string of the molecule is Cc1cc(CCCCCC(=O)N[C@H](C(=O)N2C[C@H](O)C[C@H]2C(=O)N[C@@H](C)c2ccc(-c3scnc3C)cc2)C(C)(C)C)cc(OC[C@H](CCC(N)=O)NC(=O)[C@@H]2Cc3cccc4c3N2C(=O)[C@@H](N)CC4)c1.Cl. The van der Waals surface area contributed by atoms with Crippen molar-refractivity contribution in [3.8, 4) is 16.2 Å². The molecule has 1 aromatic heterocycles. The highest BCUT2D eigenvalue weighted by atomic mass is 35.5. The van der Waals surface area contributed by atoms with E-state index >= 15 is 0 Å². The maximum Gasteiger partial charge on any atom is 0.246 e. The van der Waals surface area contributed by atoms with Crippen LogP contribution in [-0.2, 0) is 48.0 Å². The number of aliphatic hydroxyl groups excluding tert-OH is 1. The molecule has 6 amide bonds. The summed E-state index contributed by atoms with van der Waals surface area (Å²) < 4.78 is 6.26. The van der Waals surface area contributed by atoms with Crippen molar-refractivity contribution >= 4 is 64.9 Å². The number of thiazole rings is 1. The Morgan fingerprint density at radius 3 is 2.35 bits per heavy atom. The highest BCUT2D eigenvalue weighted by Gasteiger charge is 2.45. The number of aromatic nitrogens is 1. The minimum atomic E-state index is -0.921. The van der Waals surface area contributed by atoms with Gasteiger partial charge in [-0.15, -0.1) is 23.7 Å². The zero-order valence-corrected chi connectivity index (χ0v) is 43.8. The Balaban J connectivity index is 0.00000847. The number of aliphatic hydroxyl groups is 1. The third-order valence-corrected chi connectivity index (χ3v) is 14.8. The van der Waals surface area contributed by atoms with Crippen molar-refractivity contribution in [2.45, 2.75) is 155 Å². The van der Waals surface area contributed by atoms with Gasteiger partial charge in [-0.3, -0.25) is 33.7 Å². The number of likely N-dealkylation sites (tertiary alicyclic amines) is 1. The smallest absolute Gasteiger partial charge is 0.246 e. The molecule has 0 unspecified atom stereocenters. The second-order valence-corrected chi connectivity index (χ2v) is 21.5. The highest BCUT2D eigenvalue weighted by molar-refractivity contribution is 7.13. The minimum Gasteiger partial charge on any atom is -0.491 e. The molecule has 16 nitrogen and oxygen atoms in total. The number of halogens is 1. The van der Waals surface area contributed by atoms with Crippen LogP contribution in [0.4, 0.5) is 5.69 Å². The largest absolute Gasteiger partial charge is 0.491 e. The number of aryl methyl sites for hydroxylation is 4. The fourth-order valence-corrected chi connectivity index (χ4v) is 10.8. The van der Waals surface area contributed by atoms with Crippen LogP contribution in [0.2, 0.25) is 0 Å². The van der Waals surface area contributed by atoms with Gasteiger partial charge in [0.1, 0.15) is 30.5 Å². The summed E-state index contributed by atoms with van der Waals surface area (Å²) >= 11 is 1.57. The summed E-state index contributed by atoms with van der Waals surface area (Å²) in [6.07, 6.45) is 4.06. The average molecular weight is 1030 g/mol. The van der Waals surface area contributed by atoms with Gasteiger partial charge in [0.2, 0.25) is 35.4 Å². The molecule has 0 aliphatic carbocycles. The summed E-state index contributed by atoms with van der Waals surface area (Å²) in [7, 11) is 0. The van der Waals surface area contributed by atoms with Crippen molar-refractivity contribution in [1.82, 2.24) is 25.8 Å². The molecule has 3 aromatic carbocycles. The topological polar surface area (TPSA) is 239 Å². The molecule has 388 valence electrons. The first-order chi connectivity index (χ1) is 33.8. The normalized spacial score (nSPS) is 19.6. The number of para-hydroxylation sites is 1. The van der Waals surface area contributed by atoms with Gasteiger partial charge in [-0.25, -0.2) is 4.98 Å². The van der Waals surface area contributed by atoms with E-state index in [1.54, 1.807) is 16.2 Å². The lowest BCUT2D eigenvalue weighted by Crippen LogP contribution is -2.57. The van der Waals surface area contributed by atoms with Gasteiger partial charge < -0.3 is 42.2 Å². The molecule has 0 saturated carbocycles. The van der Waals surface area contributed by atoms with E-state index in [2.05, 4.69) is 27.0 Å². The van der Waals surface area contributed by atoms with Crippen molar-refractivity contribution in [2.24, 2.45) is 16.9 Å². The van der Waals surface area contributed by atoms with E-state index in [-0.39, 0.29) is 80.9 Å². The van der Waals surface area contributed by atoms with Gasteiger partial charge in [-0.2, -0.15) is 0 Å². The maximum atomic E-state index is 14.2. The van der Waals surface area contributed by atoms with Gasteiger partial charge >= 0.3 is 0 Å². The van der Waals surface area contributed by atoms with Crippen LogP contribution < -0.4 is 37.1 Å². The summed E-state index contributed by atoms with van der Waals surface area (Å²) in [4.78, 5) is 89.0. The number of benzene rings is 3. The lowest BCUT2D eigenvalue weighted by Gasteiger charge is -2.35. The quantitative estimate of drug-likeness (QED) is 0.0592. The van der Waals surface area contributed by atoms with E-state index in [0.717, 1.165) is 68.9 Å². The number of rotatable bonds is 20. The predicted octanol–water partition coefficient (Wildman–Crippen LogP) is 5.68. The first-order valence-electron chi connectivity index (χ1n) is 24.9. The number of unbranched alkanes of at least 4 members (excludes halogenated alkanes) is 2. The molecule has 7 rings (SSSR count). The molecule has 3 aliphatic rings. The van der Waals surface area contributed by atoms with Gasteiger partial charge in [-0.1, -0.05) is 75.7 Å². The van der Waals surface area contributed by atoms with Crippen LogP contribution in [0.5, 0.6) is 5.75 Å². The van der Waals surface area contributed by atoms with Gasteiger partial charge in [0.15, 0.2) is 0 Å². The number of carbonyl (C=O) groups excluding carboxylic acids is 6. The van der Waals surface area contributed by atoms with Gasteiger partial charge in [0.05, 0.1) is 46.0 Å². The van der Waals surface area contributed by atoms with Crippen LogP contribution in [0.15, 0.2) is 66.2 Å². The minimum absolute atomic E-state index is 0. The Bertz CT molecular complexity index is 2600. The average Bonchev–Trinajstić information content (AvgIpc) is 4.04. The molecule has 0 radical (unpaired) electrons. The number of nitrogens with one attached hydrogen (secondary N) is 3. The van der Waals surface area contributed by atoms with Crippen LogP contribution in [0, 0.1) is 19.3 Å². The van der Waals surface area contributed by atoms with Crippen LogP contribution >= 0.6 is 23.7 Å². The number of primary amides is 1. The van der Waals surface area contributed by atoms with Crippen molar-refractivity contribution in [2.75, 3.05) is 18.1 Å². The van der Waals surface area contributed by atoms with Crippen molar-refractivity contribution in [3.63, 3.8) is 0 Å². The number of carbonyl (C=O) groups is 6. The molecule has 1 saturated heterocycles. The lowest BCUT2D eigenvalue weighted by atomic mass is 9.85. The Morgan fingerprint density at radius 2 is 1.65 bits per heavy atom. The number of nitrogens with zero attached hydrogens (tertiary/aromatic N) is 3.